The molecule has 3 aromatic rings. The van der Waals surface area contributed by atoms with Crippen molar-refractivity contribution in [3.63, 3.8) is 0 Å². The van der Waals surface area contributed by atoms with Crippen molar-refractivity contribution < 1.29 is 19.0 Å². The van der Waals surface area contributed by atoms with Crippen LogP contribution in [0, 0.1) is 5.41 Å². The summed E-state index contributed by atoms with van der Waals surface area (Å²) in [6, 6.07) is 22.5. The lowest BCUT2D eigenvalue weighted by molar-refractivity contribution is -0.114. The number of thioether (sulfide) groups is 2. The van der Waals surface area contributed by atoms with E-state index in [2.05, 4.69) is 10.1 Å². The van der Waals surface area contributed by atoms with Crippen molar-refractivity contribution in [2.45, 2.75) is 11.8 Å². The van der Waals surface area contributed by atoms with Crippen LogP contribution in [-0.4, -0.2) is 52.5 Å². The molecule has 0 radical (unpaired) electrons. The van der Waals surface area contributed by atoms with E-state index in [1.807, 2.05) is 67.6 Å². The average molecular weight is 593 g/mol. The molecule has 0 aliphatic carbocycles. The number of fused-ring (bicyclic) bond motifs is 1. The van der Waals surface area contributed by atoms with Crippen LogP contribution in [0.4, 0.5) is 0 Å². The van der Waals surface area contributed by atoms with Crippen molar-refractivity contribution in [1.29, 1.82) is 5.41 Å². The number of nitrogens with zero attached hydrogens (tertiary/aromatic N) is 3. The lowest BCUT2D eigenvalue weighted by atomic mass is 10.1. The van der Waals surface area contributed by atoms with Gasteiger partial charge < -0.3 is 14.2 Å². The van der Waals surface area contributed by atoms with Gasteiger partial charge in [0.1, 0.15) is 17.4 Å². The number of amides is 1. The molecule has 0 aromatic heterocycles. The SMILES string of the molecule is CCOc1cc(C=C2C(=N)N3N=C(COc4ccccc4)SC3=NC2=O)ccc1OCCSc1ccc(Cl)cc1. The zero-order chi connectivity index (χ0) is 27.9. The first-order valence-electron chi connectivity index (χ1n) is 12.4. The fraction of sp³-hybridized carbons (Fsp3) is 0.172. The molecule has 204 valence electrons. The summed E-state index contributed by atoms with van der Waals surface area (Å²) in [6.07, 6.45) is 1.62. The molecule has 0 unspecified atom stereocenters. The number of hydrogen-bond donors (Lipinski definition) is 1. The van der Waals surface area contributed by atoms with Crippen LogP contribution >= 0.6 is 35.1 Å². The third-order valence-electron chi connectivity index (χ3n) is 5.60. The lowest BCUT2D eigenvalue weighted by Gasteiger charge is -2.20. The summed E-state index contributed by atoms with van der Waals surface area (Å²) >= 11 is 8.84. The van der Waals surface area contributed by atoms with Crippen LogP contribution < -0.4 is 14.2 Å². The Labute approximate surface area is 245 Å². The molecule has 0 spiro atoms. The summed E-state index contributed by atoms with van der Waals surface area (Å²) in [7, 11) is 0. The first-order valence-corrected chi connectivity index (χ1v) is 14.6. The van der Waals surface area contributed by atoms with Gasteiger partial charge in [0.25, 0.3) is 5.91 Å². The lowest BCUT2D eigenvalue weighted by Crippen LogP contribution is -2.35. The summed E-state index contributed by atoms with van der Waals surface area (Å²) in [6.45, 7) is 3.04. The number of nitrogens with one attached hydrogen (secondary N) is 1. The van der Waals surface area contributed by atoms with Crippen molar-refractivity contribution in [2.24, 2.45) is 10.1 Å². The normalized spacial score (nSPS) is 15.6. The Morgan fingerprint density at radius 1 is 1.02 bits per heavy atom. The number of aliphatic imine (C=N–C) groups is 1. The number of hydrazone groups is 1. The van der Waals surface area contributed by atoms with Gasteiger partial charge in [0.2, 0.25) is 5.17 Å². The Morgan fingerprint density at radius 3 is 2.60 bits per heavy atom. The number of benzene rings is 3. The molecule has 3 aromatic carbocycles. The highest BCUT2D eigenvalue weighted by Crippen LogP contribution is 2.32. The highest BCUT2D eigenvalue weighted by molar-refractivity contribution is 8.27. The molecule has 2 heterocycles. The molecule has 11 heteroatoms. The summed E-state index contributed by atoms with van der Waals surface area (Å²) in [4.78, 5) is 18.1. The van der Waals surface area contributed by atoms with Crippen molar-refractivity contribution in [3.8, 4) is 17.2 Å². The highest BCUT2D eigenvalue weighted by atomic mass is 35.5. The number of para-hydroxylation sites is 1. The first-order chi connectivity index (χ1) is 19.5. The zero-order valence-corrected chi connectivity index (χ0v) is 23.9. The minimum Gasteiger partial charge on any atom is -0.490 e. The molecule has 0 fully saturated rings. The van der Waals surface area contributed by atoms with E-state index in [0.29, 0.717) is 51.3 Å². The quantitative estimate of drug-likeness (QED) is 0.152. The van der Waals surface area contributed by atoms with E-state index < -0.39 is 5.91 Å². The third kappa shape index (κ3) is 6.88. The van der Waals surface area contributed by atoms with Gasteiger partial charge in [0, 0.05) is 15.7 Å². The number of ether oxygens (including phenoxy) is 3. The molecule has 2 aliphatic heterocycles. The number of amidine groups is 2. The second-order valence-corrected chi connectivity index (χ2v) is 11.1. The smallest absolute Gasteiger partial charge is 0.283 e. The molecule has 0 saturated heterocycles. The van der Waals surface area contributed by atoms with Gasteiger partial charge in [0.05, 0.1) is 18.8 Å². The van der Waals surface area contributed by atoms with E-state index in [9.17, 15) is 4.79 Å². The van der Waals surface area contributed by atoms with Gasteiger partial charge in [-0.1, -0.05) is 35.9 Å². The predicted octanol–water partition coefficient (Wildman–Crippen LogP) is 6.61. The van der Waals surface area contributed by atoms with E-state index in [4.69, 9.17) is 31.2 Å². The number of carbonyl (C=O) groups is 1. The van der Waals surface area contributed by atoms with E-state index in [0.717, 1.165) is 10.6 Å². The molecule has 40 heavy (non-hydrogen) atoms. The second kappa shape index (κ2) is 13.1. The van der Waals surface area contributed by atoms with Crippen LogP contribution in [0.1, 0.15) is 12.5 Å². The van der Waals surface area contributed by atoms with Gasteiger partial charge in [-0.15, -0.1) is 11.8 Å². The molecule has 0 saturated carbocycles. The maximum Gasteiger partial charge on any atom is 0.283 e. The third-order valence-corrected chi connectivity index (χ3v) is 7.71. The van der Waals surface area contributed by atoms with Crippen LogP contribution in [-0.2, 0) is 4.79 Å². The van der Waals surface area contributed by atoms with Gasteiger partial charge in [-0.2, -0.15) is 15.1 Å². The van der Waals surface area contributed by atoms with E-state index in [-0.39, 0.29) is 18.0 Å². The van der Waals surface area contributed by atoms with Crippen molar-refractivity contribution in [3.05, 3.63) is 89.0 Å². The summed E-state index contributed by atoms with van der Waals surface area (Å²) in [5.41, 5.74) is 0.815. The minimum atomic E-state index is -0.498. The van der Waals surface area contributed by atoms with Gasteiger partial charge in [-0.3, -0.25) is 10.2 Å². The van der Waals surface area contributed by atoms with Gasteiger partial charge in [0.15, 0.2) is 17.3 Å². The predicted molar refractivity (Wildman–Crippen MR) is 162 cm³/mol. The summed E-state index contributed by atoms with van der Waals surface area (Å²) in [5, 5.41) is 16.1. The summed E-state index contributed by atoms with van der Waals surface area (Å²) < 4.78 is 17.5. The Kier molecular flexibility index (Phi) is 9.10. The molecule has 0 bridgehead atoms. The standard InChI is InChI=1S/C29H25ClN4O4S2/c1-2-36-25-17-19(8-13-24(25)37-14-15-39-22-11-9-20(30)10-12-22)16-23-27(31)34-29(32-28(23)35)40-26(33-34)18-38-21-6-4-3-5-7-21/h3-13,16-17,31H,2,14-15,18H2,1H3. The van der Waals surface area contributed by atoms with Crippen molar-refractivity contribution in [1.82, 2.24) is 5.01 Å². The Hall–Kier alpha value is -3.73. The maximum atomic E-state index is 12.8. The number of hydrogen-bond acceptors (Lipinski definition) is 8. The van der Waals surface area contributed by atoms with Crippen molar-refractivity contribution in [2.75, 3.05) is 25.6 Å². The highest BCUT2D eigenvalue weighted by Gasteiger charge is 2.35. The molecule has 0 atom stereocenters. The Morgan fingerprint density at radius 2 is 1.82 bits per heavy atom. The fourth-order valence-electron chi connectivity index (χ4n) is 3.76. The molecular formula is C29H25ClN4O4S2. The topological polar surface area (TPSA) is 96.6 Å². The molecule has 1 N–H and O–H groups in total. The number of rotatable bonds is 11. The second-order valence-electron chi connectivity index (χ2n) is 8.41. The van der Waals surface area contributed by atoms with Crippen LogP contribution in [0.3, 0.4) is 0 Å². The Balaban J connectivity index is 1.25. The average Bonchev–Trinajstić information content (AvgIpc) is 3.38. The maximum absolute atomic E-state index is 12.8. The minimum absolute atomic E-state index is 0.0466. The van der Waals surface area contributed by atoms with Gasteiger partial charge in [-0.25, -0.2) is 0 Å². The van der Waals surface area contributed by atoms with Gasteiger partial charge >= 0.3 is 0 Å². The fourth-order valence-corrected chi connectivity index (χ4v) is 5.42. The van der Waals surface area contributed by atoms with Crippen LogP contribution in [0.2, 0.25) is 5.02 Å². The van der Waals surface area contributed by atoms with Crippen LogP contribution in [0.15, 0.2) is 93.4 Å². The zero-order valence-electron chi connectivity index (χ0n) is 21.5. The molecule has 1 amide bonds. The monoisotopic (exact) mass is 592 g/mol. The molecule has 2 aliphatic rings. The molecule has 8 nitrogen and oxygen atoms in total. The molecule has 5 rings (SSSR count). The van der Waals surface area contributed by atoms with Crippen molar-refractivity contribution >= 4 is 63.2 Å². The van der Waals surface area contributed by atoms with Gasteiger partial charge in [-0.05, 0) is 78.9 Å². The number of carbonyl (C=O) groups excluding carboxylic acids is 1. The first kappa shape index (κ1) is 27.8. The van der Waals surface area contributed by atoms with Crippen LogP contribution in [0.25, 0.3) is 6.08 Å². The summed E-state index contributed by atoms with van der Waals surface area (Å²) in [5.74, 6) is 2.08. The van der Waals surface area contributed by atoms with E-state index in [1.54, 1.807) is 30.0 Å². The number of halogens is 1. The van der Waals surface area contributed by atoms with E-state index in [1.165, 1.54) is 16.8 Å². The Bertz CT molecular complexity index is 1490. The largest absolute Gasteiger partial charge is 0.490 e. The van der Waals surface area contributed by atoms with E-state index >= 15 is 0 Å². The molecular weight excluding hydrogens is 568 g/mol. The van der Waals surface area contributed by atoms with Crippen LogP contribution in [0.5, 0.6) is 17.2 Å².